The van der Waals surface area contributed by atoms with Crippen molar-refractivity contribution in [3.8, 4) is 6.07 Å². The van der Waals surface area contributed by atoms with Crippen LogP contribution in [0.25, 0.3) is 0 Å². The molecule has 0 unspecified atom stereocenters. The lowest BCUT2D eigenvalue weighted by atomic mass is 10.1. The molecule has 1 aliphatic heterocycles. The summed E-state index contributed by atoms with van der Waals surface area (Å²) in [6.45, 7) is 2.05. The van der Waals surface area contributed by atoms with Crippen molar-refractivity contribution in [1.82, 2.24) is 4.90 Å². The molecule has 19 heavy (non-hydrogen) atoms. The molecule has 1 fully saturated rings. The van der Waals surface area contributed by atoms with Crippen LogP contribution in [0, 0.1) is 11.3 Å². The number of hydrogen-bond acceptors (Lipinski definition) is 4. The van der Waals surface area contributed by atoms with E-state index in [1.165, 1.54) is 0 Å². The van der Waals surface area contributed by atoms with Crippen LogP contribution in [0.5, 0.6) is 0 Å². The smallest absolute Gasteiger partial charge is 0.238 e. The molecule has 1 saturated heterocycles. The molecule has 3 N–H and O–H groups in total. The molecule has 0 aliphatic carbocycles. The fourth-order valence-electron chi connectivity index (χ4n) is 2.21. The zero-order valence-corrected chi connectivity index (χ0v) is 10.8. The third kappa shape index (κ3) is 4.05. The molecule has 5 heteroatoms. The van der Waals surface area contributed by atoms with E-state index in [4.69, 9.17) is 11.0 Å². The van der Waals surface area contributed by atoms with Crippen LogP contribution in [0.1, 0.15) is 12.0 Å². The van der Waals surface area contributed by atoms with Gasteiger partial charge in [-0.2, -0.15) is 5.26 Å². The molecule has 5 nitrogen and oxygen atoms in total. The Labute approximate surface area is 113 Å². The number of hydrogen-bond donors (Lipinski definition) is 2. The van der Waals surface area contributed by atoms with Crippen LogP contribution in [0.3, 0.4) is 0 Å². The van der Waals surface area contributed by atoms with Crippen molar-refractivity contribution in [2.75, 3.05) is 25.0 Å². The van der Waals surface area contributed by atoms with E-state index >= 15 is 0 Å². The maximum Gasteiger partial charge on any atom is 0.238 e. The molecule has 0 radical (unpaired) electrons. The summed E-state index contributed by atoms with van der Waals surface area (Å²) in [5.74, 6) is -0.0258. The second kappa shape index (κ2) is 6.32. The highest BCUT2D eigenvalue weighted by molar-refractivity contribution is 5.92. The summed E-state index contributed by atoms with van der Waals surface area (Å²) in [7, 11) is 0. The summed E-state index contributed by atoms with van der Waals surface area (Å²) in [5, 5.41) is 11.4. The van der Waals surface area contributed by atoms with Crippen LogP contribution in [0.4, 0.5) is 5.69 Å². The van der Waals surface area contributed by atoms with Crippen LogP contribution in [-0.2, 0) is 11.2 Å². The number of nitrogens with zero attached hydrogens (tertiary/aromatic N) is 2. The number of carbonyl (C=O) groups excluding carboxylic acids is 1. The van der Waals surface area contributed by atoms with Crippen molar-refractivity contribution in [2.45, 2.75) is 18.9 Å². The molecular weight excluding hydrogens is 240 g/mol. The number of carbonyl (C=O) groups is 1. The normalized spacial score (nSPS) is 19.1. The van der Waals surface area contributed by atoms with E-state index in [2.05, 4.69) is 16.3 Å². The Morgan fingerprint density at radius 1 is 1.47 bits per heavy atom. The molecule has 1 aliphatic rings. The minimum Gasteiger partial charge on any atom is -0.326 e. The number of nitrogens with two attached hydrogens (primary N) is 1. The van der Waals surface area contributed by atoms with Gasteiger partial charge in [0.15, 0.2) is 0 Å². The molecule has 1 atom stereocenters. The maximum atomic E-state index is 11.8. The number of nitriles is 1. The van der Waals surface area contributed by atoms with Gasteiger partial charge in [0.2, 0.25) is 5.91 Å². The molecule has 0 saturated carbocycles. The van der Waals surface area contributed by atoms with E-state index in [0.717, 1.165) is 30.8 Å². The zero-order chi connectivity index (χ0) is 13.7. The SMILES string of the molecule is N#CCc1ccc(NC(=O)CN2CC[C@@H](N)C2)cc1. The van der Waals surface area contributed by atoms with E-state index in [-0.39, 0.29) is 11.9 Å². The second-order valence-corrected chi connectivity index (χ2v) is 4.86. The van der Waals surface area contributed by atoms with Crippen LogP contribution in [0.2, 0.25) is 0 Å². The number of anilines is 1. The van der Waals surface area contributed by atoms with Crippen molar-refractivity contribution in [3.63, 3.8) is 0 Å². The van der Waals surface area contributed by atoms with Gasteiger partial charge in [0.1, 0.15) is 0 Å². The van der Waals surface area contributed by atoms with E-state index in [9.17, 15) is 4.79 Å². The first-order valence-corrected chi connectivity index (χ1v) is 6.41. The number of nitrogens with one attached hydrogen (secondary N) is 1. The molecule has 100 valence electrons. The molecule has 1 heterocycles. The van der Waals surface area contributed by atoms with Crippen molar-refractivity contribution in [2.24, 2.45) is 5.73 Å². The van der Waals surface area contributed by atoms with Crippen LogP contribution < -0.4 is 11.1 Å². The monoisotopic (exact) mass is 258 g/mol. The van der Waals surface area contributed by atoms with Crippen LogP contribution >= 0.6 is 0 Å². The van der Waals surface area contributed by atoms with Gasteiger partial charge in [-0.1, -0.05) is 12.1 Å². The first-order valence-electron chi connectivity index (χ1n) is 6.41. The first-order chi connectivity index (χ1) is 9.17. The van der Waals surface area contributed by atoms with E-state index in [0.29, 0.717) is 13.0 Å². The minimum absolute atomic E-state index is 0.0258. The maximum absolute atomic E-state index is 11.8. The van der Waals surface area contributed by atoms with Gasteiger partial charge in [-0.25, -0.2) is 0 Å². The van der Waals surface area contributed by atoms with Crippen molar-refractivity contribution in [1.29, 1.82) is 5.26 Å². The molecule has 2 rings (SSSR count). The average molecular weight is 258 g/mol. The number of likely N-dealkylation sites (tertiary alicyclic amines) is 1. The van der Waals surface area contributed by atoms with E-state index in [1.807, 2.05) is 24.3 Å². The van der Waals surface area contributed by atoms with Gasteiger partial charge in [0.25, 0.3) is 0 Å². The lowest BCUT2D eigenvalue weighted by Crippen LogP contribution is -2.33. The standard InChI is InChI=1S/C14H18N4O/c15-7-5-11-1-3-13(4-2-11)17-14(19)10-18-8-6-12(16)9-18/h1-4,12H,5-6,8-10,16H2,(H,17,19)/t12-/m1/s1. The van der Waals surface area contributed by atoms with Gasteiger partial charge < -0.3 is 11.1 Å². The number of benzene rings is 1. The van der Waals surface area contributed by atoms with Crippen molar-refractivity contribution < 1.29 is 4.79 Å². The largest absolute Gasteiger partial charge is 0.326 e. The van der Waals surface area contributed by atoms with Crippen molar-refractivity contribution in [3.05, 3.63) is 29.8 Å². The summed E-state index contributed by atoms with van der Waals surface area (Å²) < 4.78 is 0. The minimum atomic E-state index is -0.0258. The Morgan fingerprint density at radius 2 is 2.21 bits per heavy atom. The van der Waals surface area contributed by atoms with Gasteiger partial charge in [-0.3, -0.25) is 9.69 Å². The van der Waals surface area contributed by atoms with E-state index in [1.54, 1.807) is 0 Å². The van der Waals surface area contributed by atoms with Gasteiger partial charge >= 0.3 is 0 Å². The lowest BCUT2D eigenvalue weighted by molar-refractivity contribution is -0.117. The Bertz CT molecular complexity index is 477. The highest BCUT2D eigenvalue weighted by Crippen LogP contribution is 2.11. The van der Waals surface area contributed by atoms with Crippen molar-refractivity contribution >= 4 is 11.6 Å². The molecule has 0 bridgehead atoms. The lowest BCUT2D eigenvalue weighted by Gasteiger charge is -2.14. The molecule has 1 aromatic carbocycles. The molecule has 1 amide bonds. The summed E-state index contributed by atoms with van der Waals surface area (Å²) in [4.78, 5) is 13.9. The van der Waals surface area contributed by atoms with Crippen LogP contribution in [-0.4, -0.2) is 36.5 Å². The number of amides is 1. The second-order valence-electron chi connectivity index (χ2n) is 4.86. The zero-order valence-electron chi connectivity index (χ0n) is 10.8. The highest BCUT2D eigenvalue weighted by Gasteiger charge is 2.20. The quantitative estimate of drug-likeness (QED) is 0.834. The Morgan fingerprint density at radius 3 is 2.79 bits per heavy atom. The molecule has 1 aromatic rings. The summed E-state index contributed by atoms with van der Waals surface area (Å²) in [6, 6.07) is 9.63. The first kappa shape index (κ1) is 13.5. The topological polar surface area (TPSA) is 82.2 Å². The van der Waals surface area contributed by atoms with E-state index < -0.39 is 0 Å². The van der Waals surface area contributed by atoms with Gasteiger partial charge in [-0.05, 0) is 24.1 Å². The summed E-state index contributed by atoms with van der Waals surface area (Å²) >= 11 is 0. The molecule has 0 aromatic heterocycles. The Kier molecular flexibility index (Phi) is 4.50. The average Bonchev–Trinajstić information content (AvgIpc) is 2.77. The Balaban J connectivity index is 1.83. The predicted molar refractivity (Wildman–Crippen MR) is 73.4 cm³/mol. The van der Waals surface area contributed by atoms with Gasteiger partial charge in [0.05, 0.1) is 19.0 Å². The summed E-state index contributed by atoms with van der Waals surface area (Å²) in [6.07, 6.45) is 1.34. The fraction of sp³-hybridized carbons (Fsp3) is 0.429. The fourth-order valence-corrected chi connectivity index (χ4v) is 2.21. The highest BCUT2D eigenvalue weighted by atomic mass is 16.2. The van der Waals surface area contributed by atoms with Crippen LogP contribution in [0.15, 0.2) is 24.3 Å². The predicted octanol–water partition coefficient (Wildman–Crippen LogP) is 0.724. The Hall–Kier alpha value is -1.90. The third-order valence-electron chi connectivity index (χ3n) is 3.20. The molecule has 0 spiro atoms. The molecular formula is C14H18N4O. The number of rotatable bonds is 4. The van der Waals surface area contributed by atoms with Gasteiger partial charge in [0, 0.05) is 24.8 Å². The van der Waals surface area contributed by atoms with Gasteiger partial charge in [-0.15, -0.1) is 0 Å². The summed E-state index contributed by atoms with van der Waals surface area (Å²) in [5.41, 5.74) is 7.51. The third-order valence-corrected chi connectivity index (χ3v) is 3.20.